The number of rotatable bonds is 10. The predicted octanol–water partition coefficient (Wildman–Crippen LogP) is 5.60. The average Bonchev–Trinajstić information content (AvgIpc) is 2.96. The number of benzene rings is 2. The van der Waals surface area contributed by atoms with Crippen molar-refractivity contribution < 1.29 is 17.3 Å². The fourth-order valence-corrected chi connectivity index (χ4v) is 3.87. The third-order valence-electron chi connectivity index (χ3n) is 5.01. The molecule has 29 heavy (non-hydrogen) atoms. The van der Waals surface area contributed by atoms with E-state index < -0.39 is 10.1 Å². The number of aryl methyl sites for hydroxylation is 1. The van der Waals surface area contributed by atoms with Gasteiger partial charge in [0.15, 0.2) is 0 Å². The van der Waals surface area contributed by atoms with Gasteiger partial charge in [0.2, 0.25) is 0 Å². The molecule has 2 aromatic rings. The van der Waals surface area contributed by atoms with Crippen LogP contribution in [-0.4, -0.2) is 21.6 Å². The Hall–Kier alpha value is -2.37. The first-order chi connectivity index (χ1) is 14.1. The first kappa shape index (κ1) is 21.3. The van der Waals surface area contributed by atoms with Crippen molar-refractivity contribution in [3.63, 3.8) is 0 Å². The summed E-state index contributed by atoms with van der Waals surface area (Å²) in [6.07, 6.45) is 8.05. The lowest BCUT2D eigenvalue weighted by atomic mass is 10.0. The summed E-state index contributed by atoms with van der Waals surface area (Å²) in [5, 5.41) is 0.823. The molecule has 1 aliphatic carbocycles. The molecule has 0 heterocycles. The molecule has 154 valence electrons. The van der Waals surface area contributed by atoms with Gasteiger partial charge in [-0.15, -0.1) is 0 Å². The van der Waals surface area contributed by atoms with Crippen LogP contribution in [0.4, 0.5) is 0 Å². The van der Waals surface area contributed by atoms with E-state index in [2.05, 4.69) is 49.1 Å². The van der Waals surface area contributed by atoms with Gasteiger partial charge in [-0.3, -0.25) is 4.18 Å². The smallest absolute Gasteiger partial charge is 0.289 e. The van der Waals surface area contributed by atoms with E-state index >= 15 is 0 Å². The summed E-state index contributed by atoms with van der Waals surface area (Å²) in [6, 6.07) is 16.9. The molecule has 0 bridgehead atoms. The number of allylic oxidation sites excluding steroid dienone is 1. The fourth-order valence-electron chi connectivity index (χ4n) is 3.42. The van der Waals surface area contributed by atoms with Gasteiger partial charge in [0, 0.05) is 0 Å². The van der Waals surface area contributed by atoms with Gasteiger partial charge in [-0.2, -0.15) is 8.42 Å². The molecule has 0 amide bonds. The number of fused-ring (bicyclic) bond motifs is 1. The molecule has 0 aromatic heterocycles. The molecule has 0 saturated heterocycles. The monoisotopic (exact) mass is 412 g/mol. The lowest BCUT2D eigenvalue weighted by Crippen LogP contribution is -2.04. The minimum Gasteiger partial charge on any atom is -0.494 e. The number of unbranched alkanes of at least 4 members (excludes halogenated alkanes) is 2. The molecule has 0 radical (unpaired) electrons. The second kappa shape index (κ2) is 10.4. The molecule has 0 spiro atoms. The zero-order valence-corrected chi connectivity index (χ0v) is 17.5. The van der Waals surface area contributed by atoms with E-state index in [-0.39, 0.29) is 6.61 Å². The largest absolute Gasteiger partial charge is 0.494 e. The third kappa shape index (κ3) is 6.58. The standard InChI is InChI=1S/C24H28O4S/c1-2-29(25,26)28-18-7-3-6-17-27-24-15-13-21(14-16-24)23-12-8-11-20-9-4-5-10-22(20)19-23/h2,4-5,9-10,13-16,19H,1,3,6-8,11-12,17-18H2. The van der Waals surface area contributed by atoms with Crippen molar-refractivity contribution in [3.8, 4) is 5.75 Å². The van der Waals surface area contributed by atoms with Gasteiger partial charge in [0.25, 0.3) is 10.1 Å². The lowest BCUT2D eigenvalue weighted by Gasteiger charge is -2.09. The molecule has 0 fully saturated rings. The third-order valence-corrected chi connectivity index (χ3v) is 5.91. The molecule has 1 aliphatic rings. The van der Waals surface area contributed by atoms with Crippen LogP contribution in [0.1, 0.15) is 48.8 Å². The van der Waals surface area contributed by atoms with Crippen molar-refractivity contribution in [1.29, 1.82) is 0 Å². The van der Waals surface area contributed by atoms with Gasteiger partial charge in [-0.1, -0.05) is 49.1 Å². The van der Waals surface area contributed by atoms with Crippen molar-refractivity contribution >= 4 is 21.8 Å². The molecule has 0 atom stereocenters. The van der Waals surface area contributed by atoms with Crippen LogP contribution < -0.4 is 4.74 Å². The molecule has 0 N–H and O–H groups in total. The number of ether oxygens (including phenoxy) is 1. The quantitative estimate of drug-likeness (QED) is 0.376. The Morgan fingerprint density at radius 3 is 2.48 bits per heavy atom. The Labute approximate surface area is 174 Å². The summed E-state index contributed by atoms with van der Waals surface area (Å²) in [4.78, 5) is 0. The minimum atomic E-state index is -3.56. The van der Waals surface area contributed by atoms with Gasteiger partial charge < -0.3 is 4.74 Å². The summed E-state index contributed by atoms with van der Waals surface area (Å²) >= 11 is 0. The lowest BCUT2D eigenvalue weighted by molar-refractivity contribution is 0.283. The maximum atomic E-state index is 11.1. The summed E-state index contributed by atoms with van der Waals surface area (Å²) in [7, 11) is -3.56. The van der Waals surface area contributed by atoms with E-state index in [1.54, 1.807) is 0 Å². The average molecular weight is 413 g/mol. The Bertz CT molecular complexity index is 943. The highest BCUT2D eigenvalue weighted by Gasteiger charge is 2.10. The van der Waals surface area contributed by atoms with Gasteiger partial charge in [-0.25, -0.2) is 0 Å². The van der Waals surface area contributed by atoms with Crippen molar-refractivity contribution in [2.45, 2.75) is 38.5 Å². The Kier molecular flexibility index (Phi) is 7.67. The van der Waals surface area contributed by atoms with Crippen molar-refractivity contribution in [1.82, 2.24) is 0 Å². The first-order valence-electron chi connectivity index (χ1n) is 10.1. The van der Waals surface area contributed by atoms with E-state index in [0.29, 0.717) is 13.0 Å². The van der Waals surface area contributed by atoms with Crippen LogP contribution in [0, 0.1) is 0 Å². The minimum absolute atomic E-state index is 0.182. The Balaban J connectivity index is 1.45. The second-order valence-electron chi connectivity index (χ2n) is 7.14. The highest BCUT2D eigenvalue weighted by atomic mass is 32.2. The molecule has 0 unspecified atom stereocenters. The predicted molar refractivity (Wildman–Crippen MR) is 118 cm³/mol. The highest BCUT2D eigenvalue weighted by Crippen LogP contribution is 2.30. The highest BCUT2D eigenvalue weighted by molar-refractivity contribution is 7.89. The van der Waals surface area contributed by atoms with Crippen molar-refractivity contribution in [2.75, 3.05) is 13.2 Å². The summed E-state index contributed by atoms with van der Waals surface area (Å²) < 4.78 is 32.8. The van der Waals surface area contributed by atoms with Gasteiger partial charge in [0.1, 0.15) is 5.75 Å². The normalized spacial score (nSPS) is 13.9. The molecule has 0 aliphatic heterocycles. The van der Waals surface area contributed by atoms with Gasteiger partial charge >= 0.3 is 0 Å². The van der Waals surface area contributed by atoms with Crippen LogP contribution >= 0.6 is 0 Å². The zero-order chi connectivity index (χ0) is 20.5. The van der Waals surface area contributed by atoms with Crippen LogP contribution in [0.25, 0.3) is 11.6 Å². The van der Waals surface area contributed by atoms with E-state index in [4.69, 9.17) is 8.92 Å². The van der Waals surface area contributed by atoms with Crippen molar-refractivity contribution in [2.24, 2.45) is 0 Å². The van der Waals surface area contributed by atoms with Crippen LogP contribution in [-0.2, 0) is 20.7 Å². The van der Waals surface area contributed by atoms with Crippen LogP contribution in [0.15, 0.2) is 60.5 Å². The van der Waals surface area contributed by atoms with E-state index in [1.165, 1.54) is 28.7 Å². The summed E-state index contributed by atoms with van der Waals surface area (Å²) in [5.74, 6) is 0.855. The second-order valence-corrected chi connectivity index (χ2v) is 8.69. The van der Waals surface area contributed by atoms with Gasteiger partial charge in [0.05, 0.1) is 18.6 Å². The van der Waals surface area contributed by atoms with Gasteiger partial charge in [-0.05, 0) is 72.9 Å². The Morgan fingerprint density at radius 1 is 0.931 bits per heavy atom. The SMILES string of the molecule is C=CS(=O)(=O)OCCCCCOc1ccc(C2=Cc3ccccc3CCC2)cc1. The van der Waals surface area contributed by atoms with E-state index in [1.807, 2.05) is 12.1 Å². The maximum absolute atomic E-state index is 11.1. The Morgan fingerprint density at radius 2 is 1.69 bits per heavy atom. The number of hydrogen-bond donors (Lipinski definition) is 0. The number of hydrogen-bond acceptors (Lipinski definition) is 4. The van der Waals surface area contributed by atoms with Crippen molar-refractivity contribution in [3.05, 3.63) is 77.2 Å². The molecule has 2 aromatic carbocycles. The maximum Gasteiger partial charge on any atom is 0.289 e. The van der Waals surface area contributed by atoms with E-state index in [9.17, 15) is 8.42 Å². The first-order valence-corrected chi connectivity index (χ1v) is 11.6. The molecule has 3 rings (SSSR count). The molecule has 0 saturated carbocycles. The molecular formula is C24H28O4S. The molecule has 4 nitrogen and oxygen atoms in total. The zero-order valence-electron chi connectivity index (χ0n) is 16.7. The van der Waals surface area contributed by atoms with Crippen LogP contribution in [0.5, 0.6) is 5.75 Å². The van der Waals surface area contributed by atoms with Crippen LogP contribution in [0.3, 0.4) is 0 Å². The summed E-state index contributed by atoms with van der Waals surface area (Å²) in [5.41, 5.74) is 5.37. The molecular weight excluding hydrogens is 384 g/mol. The van der Waals surface area contributed by atoms with E-state index in [0.717, 1.165) is 36.8 Å². The summed E-state index contributed by atoms with van der Waals surface area (Å²) in [6.45, 7) is 3.99. The fraction of sp³-hybridized carbons (Fsp3) is 0.333. The van der Waals surface area contributed by atoms with Crippen LogP contribution in [0.2, 0.25) is 0 Å². The molecule has 5 heteroatoms. The topological polar surface area (TPSA) is 52.6 Å².